The monoisotopic (exact) mass is 266 g/mol. The molecule has 20 heavy (non-hydrogen) atoms. The van der Waals surface area contributed by atoms with Crippen LogP contribution in [0.3, 0.4) is 0 Å². The zero-order valence-electron chi connectivity index (χ0n) is 11.4. The maximum atomic E-state index is 12.3. The molecule has 1 aromatic carbocycles. The van der Waals surface area contributed by atoms with Gasteiger partial charge in [-0.15, -0.1) is 0 Å². The van der Waals surface area contributed by atoms with Crippen LogP contribution in [0.15, 0.2) is 36.4 Å². The average molecular weight is 266 g/mol. The fourth-order valence-corrected chi connectivity index (χ4v) is 3.29. The van der Waals surface area contributed by atoms with Crippen LogP contribution in [0, 0.1) is 29.1 Å². The summed E-state index contributed by atoms with van der Waals surface area (Å²) in [6, 6.07) is 9.13. The second-order valence-corrected chi connectivity index (χ2v) is 5.66. The van der Waals surface area contributed by atoms with Gasteiger partial charge in [-0.3, -0.25) is 4.79 Å². The normalized spacial score (nSPS) is 27.6. The Kier molecular flexibility index (Phi) is 3.56. The van der Waals surface area contributed by atoms with Gasteiger partial charge in [0, 0.05) is 11.6 Å². The Labute approximate surface area is 119 Å². The summed E-state index contributed by atoms with van der Waals surface area (Å²) in [5.74, 6) is 1.47. The summed E-state index contributed by atoms with van der Waals surface area (Å²) in [7, 11) is 0. The molecule has 1 aromatic rings. The highest BCUT2D eigenvalue weighted by molar-refractivity contribution is 5.94. The molecule has 0 spiro atoms. The number of hydrogen-bond donors (Lipinski definition) is 1. The summed E-state index contributed by atoms with van der Waals surface area (Å²) < 4.78 is 0. The highest BCUT2D eigenvalue weighted by Crippen LogP contribution is 2.53. The van der Waals surface area contributed by atoms with E-state index in [0.29, 0.717) is 17.4 Å². The smallest absolute Gasteiger partial charge is 0.228 e. The van der Waals surface area contributed by atoms with Gasteiger partial charge in [-0.05, 0) is 61.8 Å². The van der Waals surface area contributed by atoms with E-state index in [1.165, 1.54) is 0 Å². The van der Waals surface area contributed by atoms with E-state index in [2.05, 4.69) is 23.5 Å². The molecule has 2 atom stereocenters. The summed E-state index contributed by atoms with van der Waals surface area (Å²) in [6.07, 6.45) is 8.94. The SMILES string of the molecule is N#Cc1ccc(NC(=O)C2C3CCC=CCCC32)cc1. The number of nitriles is 1. The Morgan fingerprint density at radius 3 is 2.25 bits per heavy atom. The molecule has 102 valence electrons. The molecule has 3 rings (SSSR count). The van der Waals surface area contributed by atoms with Crippen molar-refractivity contribution in [2.75, 3.05) is 5.32 Å². The minimum Gasteiger partial charge on any atom is -0.326 e. The lowest BCUT2D eigenvalue weighted by Crippen LogP contribution is -2.15. The van der Waals surface area contributed by atoms with Crippen LogP contribution >= 0.6 is 0 Å². The van der Waals surface area contributed by atoms with E-state index in [-0.39, 0.29) is 11.8 Å². The lowest BCUT2D eigenvalue weighted by molar-refractivity contribution is -0.117. The summed E-state index contributed by atoms with van der Waals surface area (Å²) in [5, 5.41) is 11.7. The first-order valence-electron chi connectivity index (χ1n) is 7.25. The summed E-state index contributed by atoms with van der Waals surface area (Å²) >= 11 is 0. The number of nitrogens with one attached hydrogen (secondary N) is 1. The molecule has 0 saturated heterocycles. The summed E-state index contributed by atoms with van der Waals surface area (Å²) in [5.41, 5.74) is 1.40. The predicted octanol–water partition coefficient (Wildman–Crippen LogP) is 3.49. The van der Waals surface area contributed by atoms with Crippen LogP contribution in [0.2, 0.25) is 0 Å². The van der Waals surface area contributed by atoms with E-state index in [1.807, 2.05) is 0 Å². The Morgan fingerprint density at radius 2 is 1.70 bits per heavy atom. The minimum atomic E-state index is 0.145. The van der Waals surface area contributed by atoms with Crippen molar-refractivity contribution in [2.24, 2.45) is 17.8 Å². The molecular formula is C17H18N2O. The minimum absolute atomic E-state index is 0.145. The Balaban J connectivity index is 1.61. The Morgan fingerprint density at radius 1 is 1.10 bits per heavy atom. The van der Waals surface area contributed by atoms with Crippen LogP contribution in [0.25, 0.3) is 0 Å². The standard InChI is InChI=1S/C17H18N2O/c18-11-12-7-9-13(10-8-12)19-17(20)16-14-5-3-1-2-4-6-15(14)16/h1-2,7-10,14-16H,3-6H2,(H,19,20). The van der Waals surface area contributed by atoms with Crippen LogP contribution in [0.5, 0.6) is 0 Å². The van der Waals surface area contributed by atoms with Crippen molar-refractivity contribution in [3.8, 4) is 6.07 Å². The molecular weight excluding hydrogens is 248 g/mol. The second-order valence-electron chi connectivity index (χ2n) is 5.66. The van der Waals surface area contributed by atoms with E-state index >= 15 is 0 Å². The molecule has 1 saturated carbocycles. The van der Waals surface area contributed by atoms with Gasteiger partial charge >= 0.3 is 0 Å². The number of hydrogen-bond acceptors (Lipinski definition) is 2. The first-order valence-corrected chi connectivity index (χ1v) is 7.25. The van der Waals surface area contributed by atoms with Crippen LogP contribution in [-0.4, -0.2) is 5.91 Å². The van der Waals surface area contributed by atoms with Crippen molar-refractivity contribution in [3.63, 3.8) is 0 Å². The maximum absolute atomic E-state index is 12.3. The number of carbonyl (C=O) groups excluding carboxylic acids is 1. The predicted molar refractivity (Wildman–Crippen MR) is 77.9 cm³/mol. The van der Waals surface area contributed by atoms with Gasteiger partial charge < -0.3 is 5.32 Å². The molecule has 1 fully saturated rings. The number of amides is 1. The van der Waals surface area contributed by atoms with Gasteiger partial charge in [-0.25, -0.2) is 0 Å². The molecule has 3 heteroatoms. The fraction of sp³-hybridized carbons (Fsp3) is 0.412. The van der Waals surface area contributed by atoms with Crippen LogP contribution in [-0.2, 0) is 4.79 Å². The zero-order valence-corrected chi connectivity index (χ0v) is 11.4. The number of benzene rings is 1. The third kappa shape index (κ3) is 2.60. The number of allylic oxidation sites excluding steroid dienone is 2. The highest BCUT2D eigenvalue weighted by Gasteiger charge is 2.53. The number of rotatable bonds is 2. The van der Waals surface area contributed by atoms with Crippen molar-refractivity contribution in [1.82, 2.24) is 0 Å². The molecule has 0 aromatic heterocycles. The second kappa shape index (κ2) is 5.50. The zero-order chi connectivity index (χ0) is 13.9. The molecule has 0 aliphatic heterocycles. The average Bonchev–Trinajstić information content (AvgIpc) is 3.11. The first kappa shape index (κ1) is 12.9. The summed E-state index contributed by atoms with van der Waals surface area (Å²) in [4.78, 5) is 12.3. The molecule has 0 radical (unpaired) electrons. The number of carbonyl (C=O) groups is 1. The van der Waals surface area contributed by atoms with Gasteiger partial charge in [-0.1, -0.05) is 12.2 Å². The van der Waals surface area contributed by atoms with Crippen LogP contribution in [0.1, 0.15) is 31.2 Å². The van der Waals surface area contributed by atoms with Gasteiger partial charge in [0.05, 0.1) is 11.6 Å². The van der Waals surface area contributed by atoms with Crippen molar-refractivity contribution in [3.05, 3.63) is 42.0 Å². The first-order chi connectivity index (χ1) is 9.79. The van der Waals surface area contributed by atoms with Gasteiger partial charge in [0.15, 0.2) is 0 Å². The van der Waals surface area contributed by atoms with E-state index in [1.54, 1.807) is 24.3 Å². The lowest BCUT2D eigenvalue weighted by atomic mass is 10.1. The van der Waals surface area contributed by atoms with E-state index in [4.69, 9.17) is 5.26 Å². The number of anilines is 1. The molecule has 2 aliphatic rings. The topological polar surface area (TPSA) is 52.9 Å². The Bertz CT molecular complexity index is 552. The lowest BCUT2D eigenvalue weighted by Gasteiger charge is -2.04. The van der Waals surface area contributed by atoms with E-state index in [9.17, 15) is 4.79 Å². The molecule has 1 N–H and O–H groups in total. The van der Waals surface area contributed by atoms with Crippen molar-refractivity contribution in [2.45, 2.75) is 25.7 Å². The molecule has 2 unspecified atom stereocenters. The largest absolute Gasteiger partial charge is 0.326 e. The quantitative estimate of drug-likeness (QED) is 0.833. The van der Waals surface area contributed by atoms with Crippen molar-refractivity contribution < 1.29 is 4.79 Å². The van der Waals surface area contributed by atoms with Gasteiger partial charge in [-0.2, -0.15) is 5.26 Å². The van der Waals surface area contributed by atoms with Gasteiger partial charge in [0.25, 0.3) is 0 Å². The highest BCUT2D eigenvalue weighted by atomic mass is 16.2. The molecule has 2 aliphatic carbocycles. The molecule has 0 bridgehead atoms. The van der Waals surface area contributed by atoms with Crippen molar-refractivity contribution >= 4 is 11.6 Å². The number of fused-ring (bicyclic) bond motifs is 1. The Hall–Kier alpha value is -2.08. The van der Waals surface area contributed by atoms with E-state index < -0.39 is 0 Å². The third-order valence-electron chi connectivity index (χ3n) is 4.42. The number of nitrogens with zero attached hydrogens (tertiary/aromatic N) is 1. The van der Waals surface area contributed by atoms with E-state index in [0.717, 1.165) is 31.4 Å². The summed E-state index contributed by atoms with van der Waals surface area (Å²) in [6.45, 7) is 0. The third-order valence-corrected chi connectivity index (χ3v) is 4.42. The van der Waals surface area contributed by atoms with Crippen LogP contribution in [0.4, 0.5) is 5.69 Å². The fourth-order valence-electron chi connectivity index (χ4n) is 3.29. The maximum Gasteiger partial charge on any atom is 0.228 e. The molecule has 0 heterocycles. The molecule has 1 amide bonds. The van der Waals surface area contributed by atoms with Crippen LogP contribution < -0.4 is 5.32 Å². The van der Waals surface area contributed by atoms with Gasteiger partial charge in [0.2, 0.25) is 5.91 Å². The molecule has 3 nitrogen and oxygen atoms in total. The van der Waals surface area contributed by atoms with Gasteiger partial charge in [0.1, 0.15) is 0 Å². The van der Waals surface area contributed by atoms with Crippen molar-refractivity contribution in [1.29, 1.82) is 5.26 Å².